The van der Waals surface area contributed by atoms with Gasteiger partial charge in [-0.3, -0.25) is 0 Å². The Morgan fingerprint density at radius 1 is 1.35 bits per heavy atom. The zero-order valence-corrected chi connectivity index (χ0v) is 10.6. The van der Waals surface area contributed by atoms with Gasteiger partial charge in [0, 0.05) is 6.04 Å². The highest BCUT2D eigenvalue weighted by molar-refractivity contribution is 5.17. The molecule has 1 aliphatic rings. The monoisotopic (exact) mass is 235 g/mol. The summed E-state index contributed by atoms with van der Waals surface area (Å²) in [6.07, 6.45) is 6.03. The van der Waals surface area contributed by atoms with Crippen molar-refractivity contribution in [2.45, 2.75) is 45.1 Å². The van der Waals surface area contributed by atoms with E-state index in [0.29, 0.717) is 6.04 Å². The minimum atomic E-state index is -0.110. The van der Waals surface area contributed by atoms with E-state index in [0.717, 1.165) is 24.4 Å². The van der Waals surface area contributed by atoms with Crippen molar-refractivity contribution in [3.63, 3.8) is 0 Å². The molecule has 94 valence electrons. The maximum absolute atomic E-state index is 13.1. The first-order chi connectivity index (χ1) is 8.28. The first kappa shape index (κ1) is 12.6. The van der Waals surface area contributed by atoms with Gasteiger partial charge in [0.15, 0.2) is 0 Å². The highest BCUT2D eigenvalue weighted by atomic mass is 19.1. The molecule has 1 aliphatic carbocycles. The normalized spacial score (nSPS) is 24.1. The van der Waals surface area contributed by atoms with Gasteiger partial charge < -0.3 is 5.32 Å². The van der Waals surface area contributed by atoms with Crippen LogP contribution in [-0.4, -0.2) is 12.6 Å². The first-order valence-electron chi connectivity index (χ1n) is 6.75. The lowest BCUT2D eigenvalue weighted by molar-refractivity contribution is 0.483. The molecule has 0 spiro atoms. The molecule has 0 radical (unpaired) electrons. The SMILES string of the molecule is CCCNC1CCC(Cc2cccc(F)c2)C1. The van der Waals surface area contributed by atoms with Gasteiger partial charge in [0.05, 0.1) is 0 Å². The molecule has 1 N–H and O–H groups in total. The first-order valence-corrected chi connectivity index (χ1v) is 6.75. The molecule has 0 heterocycles. The van der Waals surface area contributed by atoms with Crippen LogP contribution in [0.1, 0.15) is 38.2 Å². The van der Waals surface area contributed by atoms with Crippen molar-refractivity contribution in [3.8, 4) is 0 Å². The summed E-state index contributed by atoms with van der Waals surface area (Å²) in [5.41, 5.74) is 1.14. The summed E-state index contributed by atoms with van der Waals surface area (Å²) in [6.45, 7) is 3.32. The Labute approximate surface area is 103 Å². The van der Waals surface area contributed by atoms with Crippen LogP contribution in [0.15, 0.2) is 24.3 Å². The standard InChI is InChI=1S/C15H22FN/c1-2-8-17-15-7-6-13(11-15)9-12-4-3-5-14(16)10-12/h3-5,10,13,15,17H,2,6-9,11H2,1H3. The van der Waals surface area contributed by atoms with Crippen molar-refractivity contribution in [2.75, 3.05) is 6.54 Å². The van der Waals surface area contributed by atoms with Crippen LogP contribution in [0.3, 0.4) is 0 Å². The third kappa shape index (κ3) is 3.81. The summed E-state index contributed by atoms with van der Waals surface area (Å²) < 4.78 is 13.1. The number of rotatable bonds is 5. The van der Waals surface area contributed by atoms with Gasteiger partial charge >= 0.3 is 0 Å². The second-order valence-electron chi connectivity index (χ2n) is 5.16. The molecule has 1 aromatic rings. The Hall–Kier alpha value is -0.890. The number of nitrogens with one attached hydrogen (secondary N) is 1. The summed E-state index contributed by atoms with van der Waals surface area (Å²) in [5, 5.41) is 3.58. The zero-order valence-electron chi connectivity index (χ0n) is 10.6. The second kappa shape index (κ2) is 6.15. The lowest BCUT2D eigenvalue weighted by Gasteiger charge is -2.12. The van der Waals surface area contributed by atoms with Crippen LogP contribution in [0.25, 0.3) is 0 Å². The second-order valence-corrected chi connectivity index (χ2v) is 5.16. The average Bonchev–Trinajstić information content (AvgIpc) is 2.74. The van der Waals surface area contributed by atoms with E-state index in [1.165, 1.54) is 31.7 Å². The van der Waals surface area contributed by atoms with E-state index in [1.807, 2.05) is 12.1 Å². The molecule has 1 fully saturated rings. The molecule has 0 aliphatic heterocycles. The highest BCUT2D eigenvalue weighted by Crippen LogP contribution is 2.28. The van der Waals surface area contributed by atoms with Crippen LogP contribution in [0.4, 0.5) is 4.39 Å². The molecule has 1 aromatic carbocycles. The minimum absolute atomic E-state index is 0.110. The Bertz CT molecular complexity index is 351. The number of hydrogen-bond donors (Lipinski definition) is 1. The van der Waals surface area contributed by atoms with Crippen molar-refractivity contribution >= 4 is 0 Å². The van der Waals surface area contributed by atoms with Gasteiger partial charge in [-0.05, 0) is 62.3 Å². The quantitative estimate of drug-likeness (QED) is 0.823. The zero-order chi connectivity index (χ0) is 12.1. The van der Waals surface area contributed by atoms with Crippen LogP contribution in [-0.2, 0) is 6.42 Å². The van der Waals surface area contributed by atoms with E-state index in [2.05, 4.69) is 12.2 Å². The smallest absolute Gasteiger partial charge is 0.123 e. The molecule has 2 atom stereocenters. The molecule has 1 saturated carbocycles. The Balaban J connectivity index is 1.81. The number of halogens is 1. The summed E-state index contributed by atoms with van der Waals surface area (Å²) in [7, 11) is 0. The lowest BCUT2D eigenvalue weighted by atomic mass is 9.98. The molecule has 0 aromatic heterocycles. The van der Waals surface area contributed by atoms with Gasteiger partial charge in [-0.2, -0.15) is 0 Å². The molecule has 2 unspecified atom stereocenters. The van der Waals surface area contributed by atoms with E-state index < -0.39 is 0 Å². The molecular formula is C15H22FN. The molecule has 0 saturated heterocycles. The third-order valence-electron chi connectivity index (χ3n) is 3.64. The van der Waals surface area contributed by atoms with E-state index in [4.69, 9.17) is 0 Å². The molecule has 2 rings (SSSR count). The number of benzene rings is 1. The van der Waals surface area contributed by atoms with E-state index in [1.54, 1.807) is 6.07 Å². The fraction of sp³-hybridized carbons (Fsp3) is 0.600. The van der Waals surface area contributed by atoms with Crippen LogP contribution in [0.5, 0.6) is 0 Å². The largest absolute Gasteiger partial charge is 0.314 e. The Morgan fingerprint density at radius 2 is 2.24 bits per heavy atom. The number of hydrogen-bond acceptors (Lipinski definition) is 1. The predicted molar refractivity (Wildman–Crippen MR) is 69.5 cm³/mol. The van der Waals surface area contributed by atoms with Gasteiger partial charge in [0.1, 0.15) is 5.82 Å². The molecule has 0 bridgehead atoms. The van der Waals surface area contributed by atoms with Crippen LogP contribution in [0, 0.1) is 11.7 Å². The van der Waals surface area contributed by atoms with Crippen molar-refractivity contribution in [3.05, 3.63) is 35.6 Å². The van der Waals surface area contributed by atoms with Crippen LogP contribution >= 0.6 is 0 Å². The predicted octanol–water partition coefficient (Wildman–Crippen LogP) is 3.54. The minimum Gasteiger partial charge on any atom is -0.314 e. The lowest BCUT2D eigenvalue weighted by Crippen LogP contribution is -2.27. The van der Waals surface area contributed by atoms with Crippen LogP contribution < -0.4 is 5.32 Å². The molecular weight excluding hydrogens is 213 g/mol. The maximum atomic E-state index is 13.1. The van der Waals surface area contributed by atoms with Crippen molar-refractivity contribution < 1.29 is 4.39 Å². The van der Waals surface area contributed by atoms with Crippen molar-refractivity contribution in [2.24, 2.45) is 5.92 Å². The summed E-state index contributed by atoms with van der Waals surface area (Å²) >= 11 is 0. The van der Waals surface area contributed by atoms with Gasteiger partial charge in [-0.25, -0.2) is 4.39 Å². The van der Waals surface area contributed by atoms with Gasteiger partial charge in [0.25, 0.3) is 0 Å². The average molecular weight is 235 g/mol. The van der Waals surface area contributed by atoms with Gasteiger partial charge in [0.2, 0.25) is 0 Å². The summed E-state index contributed by atoms with van der Waals surface area (Å²) in [6, 6.07) is 7.73. The Morgan fingerprint density at radius 3 is 3.00 bits per heavy atom. The fourth-order valence-electron chi connectivity index (χ4n) is 2.79. The topological polar surface area (TPSA) is 12.0 Å². The van der Waals surface area contributed by atoms with E-state index in [9.17, 15) is 4.39 Å². The van der Waals surface area contributed by atoms with Gasteiger partial charge in [-0.1, -0.05) is 19.1 Å². The Kier molecular flexibility index (Phi) is 4.55. The third-order valence-corrected chi connectivity index (χ3v) is 3.64. The molecule has 0 amide bonds. The molecule has 1 nitrogen and oxygen atoms in total. The van der Waals surface area contributed by atoms with E-state index in [-0.39, 0.29) is 5.82 Å². The maximum Gasteiger partial charge on any atom is 0.123 e. The molecule has 17 heavy (non-hydrogen) atoms. The van der Waals surface area contributed by atoms with Crippen molar-refractivity contribution in [1.82, 2.24) is 5.32 Å². The summed E-state index contributed by atoms with van der Waals surface area (Å²) in [5.74, 6) is 0.618. The van der Waals surface area contributed by atoms with Gasteiger partial charge in [-0.15, -0.1) is 0 Å². The fourth-order valence-corrected chi connectivity index (χ4v) is 2.79. The summed E-state index contributed by atoms with van der Waals surface area (Å²) in [4.78, 5) is 0. The van der Waals surface area contributed by atoms with E-state index >= 15 is 0 Å². The molecule has 2 heteroatoms. The van der Waals surface area contributed by atoms with Crippen LogP contribution in [0.2, 0.25) is 0 Å². The van der Waals surface area contributed by atoms with Crippen molar-refractivity contribution in [1.29, 1.82) is 0 Å². The highest BCUT2D eigenvalue weighted by Gasteiger charge is 2.23.